The Balaban J connectivity index is 1.89. The number of thiazole rings is 1. The van der Waals surface area contributed by atoms with Gasteiger partial charge in [0, 0.05) is 35.7 Å². The number of aromatic nitrogens is 1. The number of aliphatic hydroxyl groups is 1. The number of benzene rings is 1. The number of carbonyl (C=O) groups excluding carboxylic acids is 1. The molecule has 3 N–H and O–H groups in total. The van der Waals surface area contributed by atoms with E-state index in [9.17, 15) is 4.79 Å². The summed E-state index contributed by atoms with van der Waals surface area (Å²) in [7, 11) is 0. The van der Waals surface area contributed by atoms with Crippen molar-refractivity contribution >= 4 is 34.1 Å². The van der Waals surface area contributed by atoms with Crippen LogP contribution in [-0.2, 0) is 6.42 Å². The summed E-state index contributed by atoms with van der Waals surface area (Å²) in [5.74, 6) is 0. The molecule has 0 spiro atoms. The Morgan fingerprint density at radius 1 is 1.38 bits per heavy atom. The molecule has 0 fully saturated rings. The number of aliphatic hydroxyl groups excluding tert-OH is 1. The summed E-state index contributed by atoms with van der Waals surface area (Å²) in [4.78, 5) is 16.7. The number of nitrogens with one attached hydrogen (secondary N) is 2. The smallest absolute Gasteiger partial charge is 0.321 e. The summed E-state index contributed by atoms with van der Waals surface area (Å²) >= 11 is 7.53. The third kappa shape index (κ3) is 5.00. The Morgan fingerprint density at radius 3 is 2.95 bits per heavy atom. The van der Waals surface area contributed by atoms with Crippen LogP contribution in [-0.4, -0.2) is 29.3 Å². The highest BCUT2D eigenvalue weighted by atomic mass is 35.5. The first kappa shape index (κ1) is 15.8. The van der Waals surface area contributed by atoms with Gasteiger partial charge in [0.05, 0.1) is 0 Å². The molecule has 1 aromatic heterocycles. The van der Waals surface area contributed by atoms with Crippen LogP contribution in [0.4, 0.5) is 9.93 Å². The lowest BCUT2D eigenvalue weighted by Gasteiger charge is -2.03. The number of amides is 2. The van der Waals surface area contributed by atoms with Crippen molar-refractivity contribution in [3.8, 4) is 0 Å². The summed E-state index contributed by atoms with van der Waals surface area (Å²) in [5.41, 5.74) is 1.03. The molecule has 5 nitrogen and oxygen atoms in total. The maximum Gasteiger partial charge on any atom is 0.321 e. The minimum absolute atomic E-state index is 0.0551. The van der Waals surface area contributed by atoms with Gasteiger partial charge < -0.3 is 10.4 Å². The number of anilines is 1. The minimum atomic E-state index is -0.318. The standard InChI is InChI=1S/C14H16ClN3O2S/c15-12-5-2-1-4-10(12)8-11-9-17-14(21-11)18-13(20)16-6-3-7-19/h1-2,4-5,9,19H,3,6-8H2,(H2,16,17,18,20). The molecular formula is C14H16ClN3O2S. The quantitative estimate of drug-likeness (QED) is 0.715. The molecule has 2 aromatic rings. The molecule has 0 atom stereocenters. The number of hydrogen-bond acceptors (Lipinski definition) is 4. The molecule has 0 unspecified atom stereocenters. The largest absolute Gasteiger partial charge is 0.396 e. The Hall–Kier alpha value is -1.63. The van der Waals surface area contributed by atoms with E-state index in [0.717, 1.165) is 15.5 Å². The van der Waals surface area contributed by atoms with Crippen LogP contribution < -0.4 is 10.6 Å². The van der Waals surface area contributed by atoms with Crippen molar-refractivity contribution in [1.29, 1.82) is 0 Å². The van der Waals surface area contributed by atoms with Crippen molar-refractivity contribution in [2.75, 3.05) is 18.5 Å². The van der Waals surface area contributed by atoms with Gasteiger partial charge >= 0.3 is 6.03 Å². The molecule has 0 saturated carbocycles. The Morgan fingerprint density at radius 2 is 2.19 bits per heavy atom. The van der Waals surface area contributed by atoms with E-state index in [1.165, 1.54) is 11.3 Å². The molecule has 2 rings (SSSR count). The average molecular weight is 326 g/mol. The number of urea groups is 1. The fraction of sp³-hybridized carbons (Fsp3) is 0.286. The lowest BCUT2D eigenvalue weighted by Crippen LogP contribution is -2.29. The Kier molecular flexibility index (Phi) is 5.98. The van der Waals surface area contributed by atoms with Crippen molar-refractivity contribution in [1.82, 2.24) is 10.3 Å². The molecule has 0 aliphatic carbocycles. The number of carbonyl (C=O) groups is 1. The summed E-state index contributed by atoms with van der Waals surface area (Å²) in [5, 5.41) is 15.2. The van der Waals surface area contributed by atoms with Crippen LogP contribution in [0.25, 0.3) is 0 Å². The van der Waals surface area contributed by atoms with E-state index in [-0.39, 0.29) is 12.6 Å². The summed E-state index contributed by atoms with van der Waals surface area (Å²) < 4.78 is 0. The van der Waals surface area contributed by atoms with E-state index >= 15 is 0 Å². The van der Waals surface area contributed by atoms with Crippen LogP contribution in [0.3, 0.4) is 0 Å². The van der Waals surface area contributed by atoms with Crippen LogP contribution in [0.1, 0.15) is 16.9 Å². The molecule has 0 radical (unpaired) electrons. The highest BCUT2D eigenvalue weighted by Gasteiger charge is 2.08. The van der Waals surface area contributed by atoms with Gasteiger partial charge in [0.2, 0.25) is 0 Å². The molecule has 0 saturated heterocycles. The van der Waals surface area contributed by atoms with E-state index in [4.69, 9.17) is 16.7 Å². The van der Waals surface area contributed by atoms with Gasteiger partial charge in [0.1, 0.15) is 0 Å². The minimum Gasteiger partial charge on any atom is -0.396 e. The molecule has 1 heterocycles. The lowest BCUT2D eigenvalue weighted by molar-refractivity contribution is 0.249. The third-order valence-electron chi connectivity index (χ3n) is 2.72. The van der Waals surface area contributed by atoms with Crippen molar-refractivity contribution in [2.45, 2.75) is 12.8 Å². The second kappa shape index (κ2) is 7.97. The second-order valence-corrected chi connectivity index (χ2v) is 5.88. The number of hydrogen-bond donors (Lipinski definition) is 3. The first-order valence-corrected chi connectivity index (χ1v) is 7.72. The van der Waals surface area contributed by atoms with Gasteiger partial charge in [0.25, 0.3) is 0 Å². The summed E-state index contributed by atoms with van der Waals surface area (Å²) in [6, 6.07) is 7.34. The normalized spacial score (nSPS) is 10.4. The monoisotopic (exact) mass is 325 g/mol. The summed E-state index contributed by atoms with van der Waals surface area (Å²) in [6.07, 6.45) is 2.95. The van der Waals surface area contributed by atoms with Gasteiger partial charge in [-0.05, 0) is 18.1 Å². The fourth-order valence-corrected chi connectivity index (χ4v) is 2.73. The predicted molar refractivity (Wildman–Crippen MR) is 85.1 cm³/mol. The zero-order chi connectivity index (χ0) is 15.1. The van der Waals surface area contributed by atoms with Crippen molar-refractivity contribution in [2.24, 2.45) is 0 Å². The van der Waals surface area contributed by atoms with Gasteiger partial charge in [-0.3, -0.25) is 5.32 Å². The fourth-order valence-electron chi connectivity index (χ4n) is 1.70. The van der Waals surface area contributed by atoms with Gasteiger partial charge in [-0.2, -0.15) is 0 Å². The molecule has 0 aliphatic rings. The molecule has 7 heteroatoms. The molecule has 1 aromatic carbocycles. The van der Waals surface area contributed by atoms with Crippen LogP contribution in [0, 0.1) is 0 Å². The van der Waals surface area contributed by atoms with E-state index in [2.05, 4.69) is 15.6 Å². The topological polar surface area (TPSA) is 74.2 Å². The lowest BCUT2D eigenvalue weighted by atomic mass is 10.1. The van der Waals surface area contributed by atoms with Crippen molar-refractivity contribution in [3.05, 3.63) is 45.9 Å². The highest BCUT2D eigenvalue weighted by Crippen LogP contribution is 2.24. The van der Waals surface area contributed by atoms with Crippen LogP contribution in [0.2, 0.25) is 5.02 Å². The predicted octanol–water partition coefficient (Wildman–Crippen LogP) is 2.89. The van der Waals surface area contributed by atoms with Crippen LogP contribution >= 0.6 is 22.9 Å². The van der Waals surface area contributed by atoms with Gasteiger partial charge in [-0.25, -0.2) is 9.78 Å². The van der Waals surface area contributed by atoms with Crippen molar-refractivity contribution < 1.29 is 9.90 Å². The maximum atomic E-state index is 11.6. The SMILES string of the molecule is O=C(NCCCO)Nc1ncc(Cc2ccccc2Cl)s1. The third-order valence-corrected chi connectivity index (χ3v) is 4.00. The Bertz CT molecular complexity index is 603. The first-order valence-electron chi connectivity index (χ1n) is 6.53. The molecular weight excluding hydrogens is 310 g/mol. The molecule has 21 heavy (non-hydrogen) atoms. The van der Waals surface area contributed by atoms with Gasteiger partial charge in [0.15, 0.2) is 5.13 Å². The number of rotatable bonds is 6. The average Bonchev–Trinajstić information content (AvgIpc) is 2.89. The van der Waals surface area contributed by atoms with Gasteiger partial charge in [-0.15, -0.1) is 11.3 Å². The molecule has 112 valence electrons. The molecule has 2 amide bonds. The maximum absolute atomic E-state index is 11.6. The van der Waals surface area contributed by atoms with Gasteiger partial charge in [-0.1, -0.05) is 29.8 Å². The van der Waals surface area contributed by atoms with E-state index < -0.39 is 0 Å². The number of halogens is 1. The van der Waals surface area contributed by atoms with Crippen LogP contribution in [0.5, 0.6) is 0 Å². The van der Waals surface area contributed by atoms with Crippen molar-refractivity contribution in [3.63, 3.8) is 0 Å². The number of nitrogens with zero attached hydrogens (tertiary/aromatic N) is 1. The Labute approximate surface area is 132 Å². The van der Waals surface area contributed by atoms with E-state index in [0.29, 0.717) is 24.5 Å². The summed E-state index contributed by atoms with van der Waals surface area (Å²) in [6.45, 7) is 0.486. The zero-order valence-corrected chi connectivity index (χ0v) is 12.9. The van der Waals surface area contributed by atoms with E-state index in [1.807, 2.05) is 24.3 Å². The molecule has 0 aliphatic heterocycles. The van der Waals surface area contributed by atoms with E-state index in [1.54, 1.807) is 6.20 Å². The van der Waals surface area contributed by atoms with Crippen LogP contribution in [0.15, 0.2) is 30.5 Å². The molecule has 0 bridgehead atoms. The zero-order valence-electron chi connectivity index (χ0n) is 11.3. The first-order chi connectivity index (χ1) is 10.2. The second-order valence-electron chi connectivity index (χ2n) is 4.36. The highest BCUT2D eigenvalue weighted by molar-refractivity contribution is 7.15.